The number of hydrogen-bond acceptors (Lipinski definition) is 1. The molecule has 0 radical (unpaired) electrons. The minimum atomic E-state index is 0.0509. The van der Waals surface area contributed by atoms with Crippen LogP contribution >= 0.6 is 0 Å². The van der Waals surface area contributed by atoms with Crippen LogP contribution in [0.3, 0.4) is 0 Å². The fourth-order valence-electron chi connectivity index (χ4n) is 1.54. The lowest BCUT2D eigenvalue weighted by Gasteiger charge is -2.14. The Hall–Kier alpha value is -0.850. The van der Waals surface area contributed by atoms with E-state index in [1.165, 1.54) is 0 Å². The molecule has 0 saturated heterocycles. The molecule has 0 aromatic rings. The predicted octanol–water partition coefficient (Wildman–Crippen LogP) is 2.34. The first-order valence-corrected chi connectivity index (χ1v) is 3.95. The number of rotatable bonds is 1. The van der Waals surface area contributed by atoms with Crippen LogP contribution in [-0.4, -0.2) is 5.78 Å². The van der Waals surface area contributed by atoms with Gasteiger partial charge in [-0.3, -0.25) is 4.79 Å². The highest BCUT2D eigenvalue weighted by atomic mass is 16.1. The van der Waals surface area contributed by atoms with E-state index in [1.54, 1.807) is 6.08 Å². The first-order valence-electron chi connectivity index (χ1n) is 3.95. The molecule has 1 heteroatoms. The van der Waals surface area contributed by atoms with Crippen molar-refractivity contribution < 1.29 is 4.79 Å². The van der Waals surface area contributed by atoms with Gasteiger partial charge in [0, 0.05) is 5.92 Å². The van der Waals surface area contributed by atoms with Crippen LogP contribution in [0.5, 0.6) is 0 Å². The molecule has 1 aliphatic carbocycles. The van der Waals surface area contributed by atoms with E-state index in [-0.39, 0.29) is 11.7 Å². The molecule has 1 unspecified atom stereocenters. The Labute approximate surface area is 67.8 Å². The third-order valence-electron chi connectivity index (χ3n) is 2.21. The maximum absolute atomic E-state index is 11.3. The number of hydrogen-bond donors (Lipinski definition) is 0. The van der Waals surface area contributed by atoms with E-state index in [9.17, 15) is 4.79 Å². The van der Waals surface area contributed by atoms with Crippen LogP contribution in [0.25, 0.3) is 0 Å². The molecule has 0 aromatic carbocycles. The Morgan fingerprint density at radius 1 is 1.55 bits per heavy atom. The monoisotopic (exact) mass is 150 g/mol. The maximum atomic E-state index is 11.3. The minimum Gasteiger partial charge on any atom is -0.294 e. The summed E-state index contributed by atoms with van der Waals surface area (Å²) in [5.41, 5.74) is 2.05. The van der Waals surface area contributed by atoms with E-state index >= 15 is 0 Å². The van der Waals surface area contributed by atoms with Crippen molar-refractivity contribution in [3.8, 4) is 0 Å². The Balaban J connectivity index is 2.90. The Bertz CT molecular complexity index is 233. The summed E-state index contributed by atoms with van der Waals surface area (Å²) in [4.78, 5) is 11.3. The average molecular weight is 150 g/mol. The predicted molar refractivity (Wildman–Crippen MR) is 46.2 cm³/mol. The molecule has 0 bridgehead atoms. The third-order valence-corrected chi connectivity index (χ3v) is 2.21. The first-order chi connectivity index (χ1) is 5.04. The molecule has 1 atom stereocenters. The van der Waals surface area contributed by atoms with E-state index in [0.717, 1.165) is 11.1 Å². The maximum Gasteiger partial charge on any atom is 0.163 e. The van der Waals surface area contributed by atoms with Crippen LogP contribution in [0, 0.1) is 11.8 Å². The van der Waals surface area contributed by atoms with Crippen LogP contribution < -0.4 is 0 Å². The van der Waals surface area contributed by atoms with Crippen molar-refractivity contribution in [3.63, 3.8) is 0 Å². The van der Waals surface area contributed by atoms with Crippen LogP contribution in [0.15, 0.2) is 23.8 Å². The van der Waals surface area contributed by atoms with E-state index in [0.29, 0.717) is 5.92 Å². The van der Waals surface area contributed by atoms with Gasteiger partial charge in [0.1, 0.15) is 0 Å². The highest BCUT2D eigenvalue weighted by Crippen LogP contribution is 2.31. The highest BCUT2D eigenvalue weighted by Gasteiger charge is 2.29. The lowest BCUT2D eigenvalue weighted by molar-refractivity contribution is -0.117. The number of ketones is 1. The van der Waals surface area contributed by atoms with Gasteiger partial charge in [-0.1, -0.05) is 20.4 Å². The second kappa shape index (κ2) is 2.65. The number of allylic oxidation sites excluding steroid dienone is 3. The zero-order valence-corrected chi connectivity index (χ0v) is 7.35. The smallest absolute Gasteiger partial charge is 0.163 e. The van der Waals surface area contributed by atoms with Crippen molar-refractivity contribution in [3.05, 3.63) is 23.8 Å². The fourth-order valence-corrected chi connectivity index (χ4v) is 1.54. The van der Waals surface area contributed by atoms with Gasteiger partial charge in [0.25, 0.3) is 0 Å². The van der Waals surface area contributed by atoms with Crippen molar-refractivity contribution in [1.82, 2.24) is 0 Å². The molecule has 0 aromatic heterocycles. The molecule has 0 spiro atoms. The second-order valence-electron chi connectivity index (χ2n) is 3.48. The molecule has 0 amide bonds. The Kier molecular flexibility index (Phi) is 1.99. The van der Waals surface area contributed by atoms with Gasteiger partial charge in [0.15, 0.2) is 5.78 Å². The van der Waals surface area contributed by atoms with Crippen LogP contribution in [0.2, 0.25) is 0 Å². The van der Waals surface area contributed by atoms with Crippen molar-refractivity contribution in [2.24, 2.45) is 11.8 Å². The summed E-state index contributed by atoms with van der Waals surface area (Å²) in [5, 5.41) is 0. The fraction of sp³-hybridized carbons (Fsp3) is 0.500. The van der Waals surface area contributed by atoms with Gasteiger partial charge in [-0.05, 0) is 30.1 Å². The van der Waals surface area contributed by atoms with E-state index < -0.39 is 0 Å². The molecule has 11 heavy (non-hydrogen) atoms. The normalized spacial score (nSPS) is 24.7. The Morgan fingerprint density at radius 3 is 2.27 bits per heavy atom. The van der Waals surface area contributed by atoms with Crippen LogP contribution in [0.1, 0.15) is 20.8 Å². The topological polar surface area (TPSA) is 17.1 Å². The highest BCUT2D eigenvalue weighted by molar-refractivity contribution is 5.99. The molecular formula is C10H14O. The van der Waals surface area contributed by atoms with Crippen molar-refractivity contribution >= 4 is 5.78 Å². The summed E-state index contributed by atoms with van der Waals surface area (Å²) in [6.07, 6.45) is 1.70. The minimum absolute atomic E-state index is 0.0509. The van der Waals surface area contributed by atoms with Gasteiger partial charge >= 0.3 is 0 Å². The molecular weight excluding hydrogens is 136 g/mol. The summed E-state index contributed by atoms with van der Waals surface area (Å²) < 4.78 is 0. The van der Waals surface area contributed by atoms with Gasteiger partial charge in [-0.2, -0.15) is 0 Å². The van der Waals surface area contributed by atoms with Gasteiger partial charge in [0.05, 0.1) is 0 Å². The van der Waals surface area contributed by atoms with Crippen LogP contribution in [-0.2, 0) is 4.79 Å². The van der Waals surface area contributed by atoms with E-state index in [1.807, 2.05) is 6.92 Å². The molecule has 0 N–H and O–H groups in total. The van der Waals surface area contributed by atoms with E-state index in [2.05, 4.69) is 20.4 Å². The SMILES string of the molecule is C=C1C(C)=CC(=O)C1C(C)C. The molecule has 1 rings (SSSR count). The lowest BCUT2D eigenvalue weighted by Crippen LogP contribution is -2.15. The molecule has 0 aliphatic heterocycles. The van der Waals surface area contributed by atoms with Crippen molar-refractivity contribution in [2.75, 3.05) is 0 Å². The van der Waals surface area contributed by atoms with Crippen LogP contribution in [0.4, 0.5) is 0 Å². The molecule has 1 nitrogen and oxygen atoms in total. The summed E-state index contributed by atoms with van der Waals surface area (Å²) in [6.45, 7) is 9.96. The molecule has 60 valence electrons. The zero-order chi connectivity index (χ0) is 8.59. The average Bonchev–Trinajstić information content (AvgIpc) is 2.07. The van der Waals surface area contributed by atoms with Gasteiger partial charge in [-0.25, -0.2) is 0 Å². The zero-order valence-electron chi connectivity index (χ0n) is 7.35. The van der Waals surface area contributed by atoms with Gasteiger partial charge in [-0.15, -0.1) is 0 Å². The summed E-state index contributed by atoms with van der Waals surface area (Å²) in [7, 11) is 0. The standard InChI is InChI=1S/C10H14O/c1-6(2)10-8(4)7(3)5-9(10)11/h5-6,10H,4H2,1-3H3. The number of carbonyl (C=O) groups excluding carboxylic acids is 1. The lowest BCUT2D eigenvalue weighted by atomic mass is 9.88. The van der Waals surface area contributed by atoms with Crippen molar-refractivity contribution in [1.29, 1.82) is 0 Å². The Morgan fingerprint density at radius 2 is 2.09 bits per heavy atom. The molecule has 1 aliphatic rings. The van der Waals surface area contributed by atoms with E-state index in [4.69, 9.17) is 0 Å². The third kappa shape index (κ3) is 1.28. The number of carbonyl (C=O) groups is 1. The first kappa shape index (κ1) is 8.25. The van der Waals surface area contributed by atoms with Gasteiger partial charge < -0.3 is 0 Å². The molecule has 0 saturated carbocycles. The van der Waals surface area contributed by atoms with Gasteiger partial charge in [0.2, 0.25) is 0 Å². The molecule has 0 heterocycles. The summed E-state index contributed by atoms with van der Waals surface area (Å²) in [5.74, 6) is 0.654. The summed E-state index contributed by atoms with van der Waals surface area (Å²) in [6, 6.07) is 0. The van der Waals surface area contributed by atoms with Crippen molar-refractivity contribution in [2.45, 2.75) is 20.8 Å². The largest absolute Gasteiger partial charge is 0.294 e. The quantitative estimate of drug-likeness (QED) is 0.560. The molecule has 0 fully saturated rings. The summed E-state index contributed by atoms with van der Waals surface area (Å²) >= 11 is 0. The second-order valence-corrected chi connectivity index (χ2v) is 3.48.